The Kier molecular flexibility index (Phi) is 7.55. The average Bonchev–Trinajstić information content (AvgIpc) is 3.41. The van der Waals surface area contributed by atoms with Crippen molar-refractivity contribution < 1.29 is 14.0 Å². The van der Waals surface area contributed by atoms with E-state index in [1.54, 1.807) is 18.0 Å². The number of piperazine rings is 1. The molecule has 0 spiro atoms. The first kappa shape index (κ1) is 22.9. The van der Waals surface area contributed by atoms with Crippen LogP contribution in [0.2, 0.25) is 0 Å². The van der Waals surface area contributed by atoms with E-state index in [0.29, 0.717) is 32.0 Å². The van der Waals surface area contributed by atoms with Crippen LogP contribution in [0.4, 0.5) is 0 Å². The molecule has 2 fully saturated rings. The van der Waals surface area contributed by atoms with Gasteiger partial charge in [-0.1, -0.05) is 18.2 Å². The fourth-order valence-corrected chi connectivity index (χ4v) is 5.37. The Hall–Kier alpha value is -2.29. The number of hydrogen-bond donors (Lipinski definition) is 0. The SMILES string of the molecule is CCn1c(SCCCCC(=O)N2CCN(C(=O)C3CCC3)C(C)C2)nnc1-c1ccco1. The summed E-state index contributed by atoms with van der Waals surface area (Å²) in [5.41, 5.74) is 0. The maximum atomic E-state index is 12.7. The van der Waals surface area contributed by atoms with Crippen molar-refractivity contribution in [1.29, 1.82) is 0 Å². The molecule has 2 aliphatic rings. The number of carbonyl (C=O) groups excluding carboxylic acids is 2. The Morgan fingerprint density at radius 3 is 2.72 bits per heavy atom. The average molecular weight is 460 g/mol. The van der Waals surface area contributed by atoms with Gasteiger partial charge in [-0.2, -0.15) is 0 Å². The number of nitrogens with zero attached hydrogens (tertiary/aromatic N) is 5. The summed E-state index contributed by atoms with van der Waals surface area (Å²) in [5.74, 6) is 3.09. The lowest BCUT2D eigenvalue weighted by molar-refractivity contribution is -0.147. The van der Waals surface area contributed by atoms with Gasteiger partial charge in [-0.25, -0.2) is 0 Å². The van der Waals surface area contributed by atoms with E-state index < -0.39 is 0 Å². The van der Waals surface area contributed by atoms with Crippen LogP contribution in [0.5, 0.6) is 0 Å². The highest BCUT2D eigenvalue weighted by molar-refractivity contribution is 7.99. The lowest BCUT2D eigenvalue weighted by Crippen LogP contribution is -2.57. The summed E-state index contributed by atoms with van der Waals surface area (Å²) in [5, 5.41) is 9.46. The van der Waals surface area contributed by atoms with Crippen LogP contribution in [-0.4, -0.2) is 67.8 Å². The number of hydrogen-bond acceptors (Lipinski definition) is 6. The maximum absolute atomic E-state index is 12.7. The number of thioether (sulfide) groups is 1. The van der Waals surface area contributed by atoms with Crippen LogP contribution in [0.3, 0.4) is 0 Å². The zero-order valence-corrected chi connectivity index (χ0v) is 19.9. The van der Waals surface area contributed by atoms with Crippen LogP contribution >= 0.6 is 11.8 Å². The summed E-state index contributed by atoms with van der Waals surface area (Å²) >= 11 is 1.67. The minimum atomic E-state index is 0.111. The summed E-state index contributed by atoms with van der Waals surface area (Å²) < 4.78 is 7.51. The zero-order valence-electron chi connectivity index (χ0n) is 19.0. The zero-order chi connectivity index (χ0) is 22.5. The second-order valence-electron chi connectivity index (χ2n) is 8.68. The molecule has 1 saturated carbocycles. The molecule has 4 rings (SSSR count). The number of rotatable bonds is 9. The molecule has 1 aliphatic heterocycles. The van der Waals surface area contributed by atoms with Gasteiger partial charge in [0.1, 0.15) is 0 Å². The summed E-state index contributed by atoms with van der Waals surface area (Å²) in [6.07, 6.45) is 7.22. The molecule has 1 unspecified atom stereocenters. The minimum absolute atomic E-state index is 0.111. The number of amides is 2. The Labute approximate surface area is 193 Å². The van der Waals surface area contributed by atoms with Crippen molar-refractivity contribution in [2.24, 2.45) is 5.92 Å². The van der Waals surface area contributed by atoms with E-state index in [1.165, 1.54) is 6.42 Å². The monoisotopic (exact) mass is 459 g/mol. The number of furan rings is 1. The highest BCUT2D eigenvalue weighted by Crippen LogP contribution is 2.30. The van der Waals surface area contributed by atoms with Gasteiger partial charge in [-0.15, -0.1) is 10.2 Å². The molecule has 0 radical (unpaired) electrons. The predicted molar refractivity (Wildman–Crippen MR) is 123 cm³/mol. The summed E-state index contributed by atoms with van der Waals surface area (Å²) in [4.78, 5) is 29.1. The Bertz CT molecular complexity index is 909. The van der Waals surface area contributed by atoms with Crippen molar-refractivity contribution in [3.63, 3.8) is 0 Å². The molecule has 1 aliphatic carbocycles. The third-order valence-corrected chi connectivity index (χ3v) is 7.56. The van der Waals surface area contributed by atoms with E-state index in [4.69, 9.17) is 4.42 Å². The van der Waals surface area contributed by atoms with Crippen LogP contribution < -0.4 is 0 Å². The Morgan fingerprint density at radius 1 is 1.22 bits per heavy atom. The molecule has 2 aromatic rings. The molecule has 2 amide bonds. The van der Waals surface area contributed by atoms with Crippen molar-refractivity contribution in [1.82, 2.24) is 24.6 Å². The van der Waals surface area contributed by atoms with Crippen molar-refractivity contribution in [3.05, 3.63) is 18.4 Å². The number of carbonyl (C=O) groups is 2. The Balaban J connectivity index is 1.17. The summed E-state index contributed by atoms with van der Waals surface area (Å²) in [7, 11) is 0. The maximum Gasteiger partial charge on any atom is 0.226 e. The third kappa shape index (κ3) is 5.03. The van der Waals surface area contributed by atoms with E-state index >= 15 is 0 Å². The fourth-order valence-electron chi connectivity index (χ4n) is 4.37. The van der Waals surface area contributed by atoms with Crippen molar-refractivity contribution in [2.75, 3.05) is 25.4 Å². The second kappa shape index (κ2) is 10.6. The van der Waals surface area contributed by atoms with Gasteiger partial charge < -0.3 is 14.2 Å². The Morgan fingerprint density at radius 2 is 2.06 bits per heavy atom. The van der Waals surface area contributed by atoms with Gasteiger partial charge in [0.25, 0.3) is 0 Å². The van der Waals surface area contributed by atoms with Crippen molar-refractivity contribution in [3.8, 4) is 11.6 Å². The van der Waals surface area contributed by atoms with Gasteiger partial charge >= 0.3 is 0 Å². The van der Waals surface area contributed by atoms with Crippen molar-refractivity contribution >= 4 is 23.6 Å². The molecular formula is C23H33N5O3S. The topological polar surface area (TPSA) is 84.5 Å². The normalized spacial score (nSPS) is 19.2. The third-order valence-electron chi connectivity index (χ3n) is 6.51. The number of aromatic nitrogens is 3. The predicted octanol–water partition coefficient (Wildman–Crippen LogP) is 3.68. The smallest absolute Gasteiger partial charge is 0.226 e. The molecule has 9 heteroatoms. The molecule has 8 nitrogen and oxygen atoms in total. The van der Waals surface area contributed by atoms with Gasteiger partial charge in [-0.05, 0) is 51.7 Å². The first-order chi connectivity index (χ1) is 15.6. The molecule has 32 heavy (non-hydrogen) atoms. The first-order valence-electron chi connectivity index (χ1n) is 11.8. The lowest BCUT2D eigenvalue weighted by Gasteiger charge is -2.42. The van der Waals surface area contributed by atoms with E-state index in [9.17, 15) is 9.59 Å². The van der Waals surface area contributed by atoms with E-state index in [-0.39, 0.29) is 17.9 Å². The second-order valence-corrected chi connectivity index (χ2v) is 9.74. The van der Waals surface area contributed by atoms with Gasteiger partial charge in [0.2, 0.25) is 11.8 Å². The highest BCUT2D eigenvalue weighted by Gasteiger charge is 2.35. The van der Waals surface area contributed by atoms with Gasteiger partial charge in [0.15, 0.2) is 16.7 Å². The van der Waals surface area contributed by atoms with Gasteiger partial charge in [-0.3, -0.25) is 14.2 Å². The van der Waals surface area contributed by atoms with Gasteiger partial charge in [0, 0.05) is 50.3 Å². The van der Waals surface area contributed by atoms with E-state index in [0.717, 1.165) is 54.7 Å². The van der Waals surface area contributed by atoms with Gasteiger partial charge in [0.05, 0.1) is 6.26 Å². The van der Waals surface area contributed by atoms with E-state index in [1.807, 2.05) is 21.9 Å². The largest absolute Gasteiger partial charge is 0.461 e. The van der Waals surface area contributed by atoms with Crippen LogP contribution in [-0.2, 0) is 16.1 Å². The molecule has 2 aromatic heterocycles. The minimum Gasteiger partial charge on any atom is -0.461 e. The van der Waals surface area contributed by atoms with Crippen LogP contribution in [0.1, 0.15) is 52.4 Å². The summed E-state index contributed by atoms with van der Waals surface area (Å²) in [6.45, 7) is 6.89. The van der Waals surface area contributed by atoms with Crippen LogP contribution in [0, 0.1) is 5.92 Å². The highest BCUT2D eigenvalue weighted by atomic mass is 32.2. The fraction of sp³-hybridized carbons (Fsp3) is 0.652. The number of unbranched alkanes of at least 4 members (excludes halogenated alkanes) is 1. The first-order valence-corrected chi connectivity index (χ1v) is 12.7. The molecule has 0 aromatic carbocycles. The van der Waals surface area contributed by atoms with Crippen molar-refractivity contribution in [2.45, 2.75) is 70.1 Å². The van der Waals surface area contributed by atoms with Crippen LogP contribution in [0.25, 0.3) is 11.6 Å². The molecule has 1 saturated heterocycles. The standard InChI is InChI=1S/C23H33N5O3S/c1-3-27-21(19-10-7-14-31-19)24-25-23(27)32-15-5-4-11-20(29)26-12-13-28(17(2)16-26)22(30)18-8-6-9-18/h7,10,14,17-18H,3-6,8-9,11-13,15-16H2,1-2H3. The van der Waals surface area contributed by atoms with Crippen LogP contribution in [0.15, 0.2) is 28.0 Å². The van der Waals surface area contributed by atoms with E-state index in [2.05, 4.69) is 28.6 Å². The molecule has 0 bridgehead atoms. The molecule has 0 N–H and O–H groups in total. The molecule has 174 valence electrons. The lowest BCUT2D eigenvalue weighted by atomic mass is 9.84. The molecular weight excluding hydrogens is 426 g/mol. The summed E-state index contributed by atoms with van der Waals surface area (Å²) in [6, 6.07) is 3.85. The quantitative estimate of drug-likeness (QED) is 0.420. The molecule has 3 heterocycles. The molecule has 1 atom stereocenters.